The van der Waals surface area contributed by atoms with E-state index in [0.717, 1.165) is 51.0 Å². The van der Waals surface area contributed by atoms with Gasteiger partial charge in [0.1, 0.15) is 0 Å². The smallest absolute Gasteiger partial charge is 0.224 e. The molecule has 24 heavy (non-hydrogen) atoms. The van der Waals surface area contributed by atoms with Gasteiger partial charge in [0.15, 0.2) is 0 Å². The summed E-state index contributed by atoms with van der Waals surface area (Å²) < 4.78 is 0. The third-order valence-electron chi connectivity index (χ3n) is 6.62. The van der Waals surface area contributed by atoms with Crippen molar-refractivity contribution in [1.82, 2.24) is 9.80 Å². The van der Waals surface area contributed by atoms with Crippen molar-refractivity contribution in [2.45, 2.75) is 64.2 Å². The number of nitrogens with two attached hydrogens (primary N) is 1. The van der Waals surface area contributed by atoms with Crippen LogP contribution in [-0.4, -0.2) is 61.5 Å². The average Bonchev–Trinajstić information content (AvgIpc) is 2.67. The highest BCUT2D eigenvalue weighted by Crippen LogP contribution is 2.31. The lowest BCUT2D eigenvalue weighted by atomic mass is 9.82. The lowest BCUT2D eigenvalue weighted by molar-refractivity contribution is -0.662. The maximum absolute atomic E-state index is 12.3. The number of carbonyl (C=O) groups is 1. The molecule has 0 atom stereocenters. The van der Waals surface area contributed by atoms with E-state index in [1.165, 1.54) is 70.9 Å². The van der Waals surface area contributed by atoms with E-state index in [9.17, 15) is 4.79 Å². The molecule has 1 aliphatic carbocycles. The van der Waals surface area contributed by atoms with E-state index in [1.807, 2.05) is 0 Å². The van der Waals surface area contributed by atoms with Crippen LogP contribution in [0.3, 0.4) is 0 Å². The van der Waals surface area contributed by atoms with Crippen molar-refractivity contribution in [1.29, 1.82) is 0 Å². The molecule has 3 fully saturated rings. The van der Waals surface area contributed by atoms with E-state index in [1.54, 1.807) is 0 Å². The van der Waals surface area contributed by atoms with E-state index in [0.29, 0.717) is 5.91 Å². The molecule has 2 saturated heterocycles. The largest absolute Gasteiger partial charge is 0.343 e. The zero-order chi connectivity index (χ0) is 16.6. The zero-order valence-electron chi connectivity index (χ0n) is 15.6. The van der Waals surface area contributed by atoms with Crippen molar-refractivity contribution in [2.75, 3.05) is 45.8 Å². The normalized spacial score (nSPS) is 25.1. The third kappa shape index (κ3) is 5.73. The van der Waals surface area contributed by atoms with Gasteiger partial charge in [0.2, 0.25) is 5.91 Å². The number of piperazine rings is 1. The highest BCUT2D eigenvalue weighted by Gasteiger charge is 2.23. The number of rotatable bonds is 6. The van der Waals surface area contributed by atoms with Crippen LogP contribution in [0.5, 0.6) is 0 Å². The molecule has 0 aromatic rings. The Labute approximate surface area is 148 Å². The van der Waals surface area contributed by atoms with Gasteiger partial charge in [0, 0.05) is 13.0 Å². The number of likely N-dealkylation sites (tertiary alicyclic amines) is 1. The third-order valence-corrected chi connectivity index (χ3v) is 6.62. The van der Waals surface area contributed by atoms with Crippen molar-refractivity contribution in [3.63, 3.8) is 0 Å². The molecule has 0 unspecified atom stereocenters. The summed E-state index contributed by atoms with van der Waals surface area (Å²) in [5.41, 5.74) is 0. The second-order valence-corrected chi connectivity index (χ2v) is 8.36. The van der Waals surface area contributed by atoms with Crippen LogP contribution in [0.2, 0.25) is 0 Å². The summed E-state index contributed by atoms with van der Waals surface area (Å²) in [5.74, 6) is 2.37. The fourth-order valence-electron chi connectivity index (χ4n) is 4.86. The molecule has 1 saturated carbocycles. The Morgan fingerprint density at radius 2 is 1.46 bits per heavy atom. The van der Waals surface area contributed by atoms with Gasteiger partial charge in [-0.3, -0.25) is 4.79 Å². The van der Waals surface area contributed by atoms with Crippen LogP contribution in [0.25, 0.3) is 0 Å². The summed E-state index contributed by atoms with van der Waals surface area (Å²) in [6.07, 6.45) is 13.8. The van der Waals surface area contributed by atoms with Crippen LogP contribution in [0.4, 0.5) is 0 Å². The fourth-order valence-corrected chi connectivity index (χ4v) is 4.86. The molecule has 0 bridgehead atoms. The molecular formula is C20H38N3O+. The SMILES string of the molecule is O=C(CCN1CCC(CCC2CCCCC2)CC1)N1CC[NH2+]CC1. The number of carbonyl (C=O) groups excluding carboxylic acids is 1. The van der Waals surface area contributed by atoms with E-state index in [2.05, 4.69) is 15.1 Å². The van der Waals surface area contributed by atoms with Gasteiger partial charge in [-0.25, -0.2) is 0 Å². The lowest BCUT2D eigenvalue weighted by Crippen LogP contribution is -2.89. The number of piperidine rings is 1. The molecule has 2 heterocycles. The Morgan fingerprint density at radius 1 is 0.833 bits per heavy atom. The van der Waals surface area contributed by atoms with E-state index in [-0.39, 0.29) is 0 Å². The first-order valence-electron chi connectivity index (χ1n) is 10.6. The summed E-state index contributed by atoms with van der Waals surface area (Å²) in [6, 6.07) is 0. The molecule has 0 spiro atoms. The number of nitrogens with zero attached hydrogens (tertiary/aromatic N) is 2. The molecule has 3 aliphatic rings. The van der Waals surface area contributed by atoms with Crippen LogP contribution < -0.4 is 5.32 Å². The standard InChI is InChI=1S/C20H37N3O/c24-20(23-16-11-21-12-17-23)10-15-22-13-8-19(9-14-22)7-6-18-4-2-1-3-5-18/h18-19,21H,1-17H2/p+1. The molecule has 4 nitrogen and oxygen atoms in total. The van der Waals surface area contributed by atoms with Gasteiger partial charge in [-0.05, 0) is 37.8 Å². The van der Waals surface area contributed by atoms with Crippen LogP contribution in [0, 0.1) is 11.8 Å². The highest BCUT2D eigenvalue weighted by atomic mass is 16.2. The van der Waals surface area contributed by atoms with E-state index in [4.69, 9.17) is 0 Å². The van der Waals surface area contributed by atoms with E-state index < -0.39 is 0 Å². The molecule has 2 N–H and O–H groups in total. The molecule has 1 amide bonds. The maximum Gasteiger partial charge on any atom is 0.224 e. The summed E-state index contributed by atoms with van der Waals surface area (Å²) in [5, 5.41) is 2.31. The van der Waals surface area contributed by atoms with Crippen molar-refractivity contribution in [3.8, 4) is 0 Å². The molecule has 0 aromatic heterocycles. The second-order valence-electron chi connectivity index (χ2n) is 8.36. The molecule has 138 valence electrons. The molecule has 0 aromatic carbocycles. The van der Waals surface area contributed by atoms with Crippen LogP contribution in [0.15, 0.2) is 0 Å². The van der Waals surface area contributed by atoms with E-state index >= 15 is 0 Å². The van der Waals surface area contributed by atoms with Gasteiger partial charge in [-0.1, -0.05) is 44.9 Å². The van der Waals surface area contributed by atoms with Gasteiger partial charge < -0.3 is 15.1 Å². The summed E-state index contributed by atoms with van der Waals surface area (Å²) in [4.78, 5) is 16.9. The van der Waals surface area contributed by atoms with Gasteiger partial charge in [0.05, 0.1) is 26.2 Å². The first-order valence-corrected chi connectivity index (χ1v) is 10.6. The Bertz CT molecular complexity index is 367. The average molecular weight is 337 g/mol. The monoisotopic (exact) mass is 336 g/mol. The van der Waals surface area contributed by atoms with Crippen molar-refractivity contribution in [2.24, 2.45) is 11.8 Å². The first-order chi connectivity index (χ1) is 11.8. The minimum atomic E-state index is 0.377. The number of amides is 1. The van der Waals surface area contributed by atoms with Crippen LogP contribution in [-0.2, 0) is 4.79 Å². The Hall–Kier alpha value is -0.610. The first kappa shape index (κ1) is 18.2. The maximum atomic E-state index is 12.3. The predicted octanol–water partition coefficient (Wildman–Crippen LogP) is 1.85. The lowest BCUT2D eigenvalue weighted by Gasteiger charge is -2.33. The molecule has 3 rings (SSSR count). The van der Waals surface area contributed by atoms with Crippen LogP contribution in [0.1, 0.15) is 64.2 Å². The van der Waals surface area contributed by atoms with Gasteiger partial charge in [-0.2, -0.15) is 0 Å². The molecule has 2 aliphatic heterocycles. The highest BCUT2D eigenvalue weighted by molar-refractivity contribution is 5.76. The van der Waals surface area contributed by atoms with Gasteiger partial charge in [-0.15, -0.1) is 0 Å². The predicted molar refractivity (Wildman–Crippen MR) is 97.8 cm³/mol. The van der Waals surface area contributed by atoms with Gasteiger partial charge in [0.25, 0.3) is 0 Å². The van der Waals surface area contributed by atoms with Crippen molar-refractivity contribution in [3.05, 3.63) is 0 Å². The Balaban J connectivity index is 1.27. The van der Waals surface area contributed by atoms with Crippen molar-refractivity contribution >= 4 is 5.91 Å². The summed E-state index contributed by atoms with van der Waals surface area (Å²) >= 11 is 0. The number of hydrogen-bond donors (Lipinski definition) is 1. The number of hydrogen-bond acceptors (Lipinski definition) is 2. The fraction of sp³-hybridized carbons (Fsp3) is 0.950. The van der Waals surface area contributed by atoms with Crippen LogP contribution >= 0.6 is 0 Å². The number of quaternary nitrogens is 1. The quantitative estimate of drug-likeness (QED) is 0.804. The Kier molecular flexibility index (Phi) is 7.40. The minimum absolute atomic E-state index is 0.377. The minimum Gasteiger partial charge on any atom is -0.343 e. The summed E-state index contributed by atoms with van der Waals surface area (Å²) in [7, 11) is 0. The zero-order valence-corrected chi connectivity index (χ0v) is 15.6. The molecule has 4 heteroatoms. The second kappa shape index (κ2) is 9.76. The summed E-state index contributed by atoms with van der Waals surface area (Å²) in [6.45, 7) is 7.47. The molecular weight excluding hydrogens is 298 g/mol. The Morgan fingerprint density at radius 3 is 2.12 bits per heavy atom. The van der Waals surface area contributed by atoms with Gasteiger partial charge >= 0.3 is 0 Å². The molecule has 0 radical (unpaired) electrons. The topological polar surface area (TPSA) is 40.2 Å². The van der Waals surface area contributed by atoms with Crippen molar-refractivity contribution < 1.29 is 10.1 Å².